The number of hydrogen-bond donors (Lipinski definition) is 0. The Labute approximate surface area is 122 Å². The van der Waals surface area contributed by atoms with Gasteiger partial charge in [-0.05, 0) is 16.3 Å². The van der Waals surface area contributed by atoms with Crippen molar-refractivity contribution < 1.29 is 4.79 Å². The van der Waals surface area contributed by atoms with E-state index in [-0.39, 0.29) is 5.12 Å². The molecule has 3 aromatic rings. The molecule has 0 N–H and O–H groups in total. The van der Waals surface area contributed by atoms with Gasteiger partial charge in [-0.3, -0.25) is 4.79 Å². The van der Waals surface area contributed by atoms with Crippen LogP contribution < -0.4 is 0 Å². The van der Waals surface area contributed by atoms with Crippen molar-refractivity contribution in [3.63, 3.8) is 0 Å². The summed E-state index contributed by atoms with van der Waals surface area (Å²) in [5, 5.41) is 2.58. The van der Waals surface area contributed by atoms with Crippen LogP contribution >= 0.6 is 11.8 Å². The van der Waals surface area contributed by atoms with E-state index in [1.54, 1.807) is 0 Å². The van der Waals surface area contributed by atoms with E-state index in [0.29, 0.717) is 5.75 Å². The number of fused-ring (bicyclic) bond motifs is 1. The predicted molar refractivity (Wildman–Crippen MR) is 86.0 cm³/mol. The number of carbonyl (C=O) groups excluding carboxylic acids is 1. The third-order valence-corrected chi connectivity index (χ3v) is 4.17. The molecule has 3 rings (SSSR count). The predicted octanol–water partition coefficient (Wildman–Crippen LogP) is 4.91. The molecule has 2 heteroatoms. The Kier molecular flexibility index (Phi) is 3.84. The van der Waals surface area contributed by atoms with Crippen molar-refractivity contribution in [2.45, 2.75) is 5.75 Å². The van der Waals surface area contributed by atoms with Crippen LogP contribution in [0.2, 0.25) is 0 Å². The molecule has 0 atom stereocenters. The zero-order valence-corrected chi connectivity index (χ0v) is 11.8. The van der Waals surface area contributed by atoms with E-state index in [1.807, 2.05) is 42.5 Å². The first kappa shape index (κ1) is 12.9. The SMILES string of the molecule is O=C(SCc1ccc2ccccc2c1)c1ccccc1. The molecule has 0 fully saturated rings. The molecule has 0 saturated heterocycles. The Morgan fingerprint density at radius 3 is 2.30 bits per heavy atom. The molecule has 0 radical (unpaired) electrons. The largest absolute Gasteiger partial charge is 0.282 e. The van der Waals surface area contributed by atoms with Crippen LogP contribution in [0.25, 0.3) is 10.8 Å². The van der Waals surface area contributed by atoms with E-state index in [2.05, 4.69) is 30.3 Å². The highest BCUT2D eigenvalue weighted by atomic mass is 32.2. The monoisotopic (exact) mass is 278 g/mol. The summed E-state index contributed by atoms with van der Waals surface area (Å²) in [7, 11) is 0. The fraction of sp³-hybridized carbons (Fsp3) is 0.0556. The Hall–Kier alpha value is -2.06. The minimum absolute atomic E-state index is 0.124. The van der Waals surface area contributed by atoms with Gasteiger partial charge in [-0.25, -0.2) is 0 Å². The lowest BCUT2D eigenvalue weighted by atomic mass is 10.1. The van der Waals surface area contributed by atoms with Gasteiger partial charge in [0, 0.05) is 11.3 Å². The molecule has 0 unspecified atom stereocenters. The molecule has 20 heavy (non-hydrogen) atoms. The molecule has 0 aliphatic rings. The summed E-state index contributed by atoms with van der Waals surface area (Å²) in [4.78, 5) is 12.0. The molecule has 0 spiro atoms. The highest BCUT2D eigenvalue weighted by Gasteiger charge is 2.06. The average Bonchev–Trinajstić information content (AvgIpc) is 2.53. The lowest BCUT2D eigenvalue weighted by molar-refractivity contribution is 0.108. The summed E-state index contributed by atoms with van der Waals surface area (Å²) in [6, 6.07) is 24.0. The Balaban J connectivity index is 1.72. The third kappa shape index (κ3) is 2.91. The molecule has 98 valence electrons. The first-order chi connectivity index (χ1) is 9.83. The Morgan fingerprint density at radius 2 is 1.50 bits per heavy atom. The van der Waals surface area contributed by atoms with Gasteiger partial charge in [-0.2, -0.15) is 0 Å². The van der Waals surface area contributed by atoms with Gasteiger partial charge < -0.3 is 0 Å². The van der Waals surface area contributed by atoms with Crippen LogP contribution in [-0.2, 0) is 5.75 Å². The second kappa shape index (κ2) is 5.93. The van der Waals surface area contributed by atoms with Gasteiger partial charge in [0.05, 0.1) is 0 Å². The maximum absolute atomic E-state index is 12.0. The summed E-state index contributed by atoms with van der Waals surface area (Å²) in [6.45, 7) is 0. The fourth-order valence-electron chi connectivity index (χ4n) is 2.14. The molecule has 0 heterocycles. The third-order valence-electron chi connectivity index (χ3n) is 3.19. The number of benzene rings is 3. The lowest BCUT2D eigenvalue weighted by Crippen LogP contribution is -1.93. The maximum Gasteiger partial charge on any atom is 0.219 e. The highest BCUT2D eigenvalue weighted by Crippen LogP contribution is 2.21. The summed E-state index contributed by atoms with van der Waals surface area (Å²) < 4.78 is 0. The van der Waals surface area contributed by atoms with E-state index in [9.17, 15) is 4.79 Å². The van der Waals surface area contributed by atoms with Crippen molar-refractivity contribution in [2.24, 2.45) is 0 Å². The van der Waals surface area contributed by atoms with Gasteiger partial charge in [0.25, 0.3) is 0 Å². The van der Waals surface area contributed by atoms with Crippen LogP contribution in [-0.4, -0.2) is 5.12 Å². The summed E-state index contributed by atoms with van der Waals surface area (Å²) in [5.41, 5.74) is 1.94. The molecule has 0 saturated carbocycles. The fourth-order valence-corrected chi connectivity index (χ4v) is 2.92. The van der Waals surface area contributed by atoms with Crippen molar-refractivity contribution in [3.05, 3.63) is 83.9 Å². The van der Waals surface area contributed by atoms with Crippen molar-refractivity contribution in [2.75, 3.05) is 0 Å². The van der Waals surface area contributed by atoms with Crippen LogP contribution in [0.15, 0.2) is 72.8 Å². The van der Waals surface area contributed by atoms with Gasteiger partial charge in [-0.1, -0.05) is 84.6 Å². The molecule has 3 aromatic carbocycles. The topological polar surface area (TPSA) is 17.1 Å². The molecule has 0 aliphatic heterocycles. The van der Waals surface area contributed by atoms with E-state index in [0.717, 1.165) is 5.56 Å². The molecular weight excluding hydrogens is 264 g/mol. The normalized spacial score (nSPS) is 10.6. The van der Waals surface area contributed by atoms with E-state index < -0.39 is 0 Å². The van der Waals surface area contributed by atoms with Crippen molar-refractivity contribution >= 4 is 27.6 Å². The van der Waals surface area contributed by atoms with Gasteiger partial charge in [-0.15, -0.1) is 0 Å². The lowest BCUT2D eigenvalue weighted by Gasteiger charge is -2.03. The Morgan fingerprint density at radius 1 is 0.800 bits per heavy atom. The van der Waals surface area contributed by atoms with Crippen LogP contribution in [0.4, 0.5) is 0 Å². The van der Waals surface area contributed by atoms with Crippen LogP contribution in [0.1, 0.15) is 15.9 Å². The van der Waals surface area contributed by atoms with Gasteiger partial charge in [0.1, 0.15) is 0 Å². The molecule has 0 amide bonds. The zero-order chi connectivity index (χ0) is 13.8. The van der Waals surface area contributed by atoms with Crippen molar-refractivity contribution in [3.8, 4) is 0 Å². The van der Waals surface area contributed by atoms with Crippen LogP contribution in [0.5, 0.6) is 0 Å². The number of carbonyl (C=O) groups is 1. The summed E-state index contributed by atoms with van der Waals surface area (Å²) in [5.74, 6) is 0.707. The zero-order valence-electron chi connectivity index (χ0n) is 11.0. The van der Waals surface area contributed by atoms with Gasteiger partial charge in [0.15, 0.2) is 0 Å². The Bertz CT molecular complexity index is 735. The minimum atomic E-state index is 0.124. The average molecular weight is 278 g/mol. The first-order valence-corrected chi connectivity index (χ1v) is 7.51. The molecule has 1 nitrogen and oxygen atoms in total. The van der Waals surface area contributed by atoms with Crippen LogP contribution in [0.3, 0.4) is 0 Å². The summed E-state index contributed by atoms with van der Waals surface area (Å²) in [6.07, 6.45) is 0. The van der Waals surface area contributed by atoms with E-state index in [1.165, 1.54) is 28.1 Å². The standard InChI is InChI=1S/C18H14OS/c19-18(16-7-2-1-3-8-16)20-13-14-10-11-15-6-4-5-9-17(15)12-14/h1-12H,13H2. The molecule has 0 aliphatic carbocycles. The number of hydrogen-bond acceptors (Lipinski definition) is 2. The minimum Gasteiger partial charge on any atom is -0.282 e. The highest BCUT2D eigenvalue weighted by molar-refractivity contribution is 8.13. The smallest absolute Gasteiger partial charge is 0.219 e. The van der Waals surface area contributed by atoms with Crippen molar-refractivity contribution in [1.82, 2.24) is 0 Å². The first-order valence-electron chi connectivity index (χ1n) is 6.53. The van der Waals surface area contributed by atoms with Gasteiger partial charge >= 0.3 is 0 Å². The van der Waals surface area contributed by atoms with Crippen molar-refractivity contribution in [1.29, 1.82) is 0 Å². The molecular formula is C18H14OS. The summed E-state index contributed by atoms with van der Waals surface area (Å²) >= 11 is 1.35. The molecule has 0 bridgehead atoms. The second-order valence-corrected chi connectivity index (χ2v) is 5.57. The maximum atomic E-state index is 12.0. The molecule has 0 aromatic heterocycles. The van der Waals surface area contributed by atoms with E-state index >= 15 is 0 Å². The van der Waals surface area contributed by atoms with Crippen LogP contribution in [0, 0.1) is 0 Å². The number of rotatable bonds is 3. The number of thioether (sulfide) groups is 1. The van der Waals surface area contributed by atoms with Gasteiger partial charge in [0.2, 0.25) is 5.12 Å². The quantitative estimate of drug-likeness (QED) is 0.677. The van der Waals surface area contributed by atoms with E-state index in [4.69, 9.17) is 0 Å². The second-order valence-electron chi connectivity index (χ2n) is 4.62.